The minimum Gasteiger partial charge on any atom is -0.308 e. The molecule has 0 unspecified atom stereocenters. The first-order chi connectivity index (χ1) is 7.77. The summed E-state index contributed by atoms with van der Waals surface area (Å²) < 4.78 is 0. The van der Waals surface area contributed by atoms with Gasteiger partial charge in [-0.3, -0.25) is 0 Å². The molecule has 0 bridgehead atoms. The molecule has 16 heavy (non-hydrogen) atoms. The van der Waals surface area contributed by atoms with Gasteiger partial charge in [-0.15, -0.1) is 0 Å². The van der Waals surface area contributed by atoms with Gasteiger partial charge in [-0.25, -0.2) is 10.8 Å². The Labute approximate surface area is 106 Å². The van der Waals surface area contributed by atoms with Crippen LogP contribution in [0.4, 0.5) is 5.82 Å². The van der Waals surface area contributed by atoms with Gasteiger partial charge in [-0.2, -0.15) is 11.8 Å². The topological polar surface area (TPSA) is 50.9 Å². The zero-order chi connectivity index (χ0) is 11.8. The highest BCUT2D eigenvalue weighted by Crippen LogP contribution is 2.21. The molecule has 0 spiro atoms. The molecule has 3 nitrogen and oxygen atoms in total. The van der Waals surface area contributed by atoms with Gasteiger partial charge >= 0.3 is 0 Å². The number of nitrogen functional groups attached to an aromatic ring is 1. The van der Waals surface area contributed by atoms with Gasteiger partial charge in [0, 0.05) is 5.75 Å². The lowest BCUT2D eigenvalue weighted by Gasteiger charge is -2.06. The van der Waals surface area contributed by atoms with Gasteiger partial charge in [0.25, 0.3) is 0 Å². The third-order valence-corrected chi connectivity index (χ3v) is 3.60. The Morgan fingerprint density at radius 1 is 1.44 bits per heavy atom. The van der Waals surface area contributed by atoms with Crippen LogP contribution in [0.15, 0.2) is 12.1 Å². The van der Waals surface area contributed by atoms with Crippen molar-refractivity contribution in [3.8, 4) is 0 Å². The number of thioether (sulfide) groups is 1. The maximum Gasteiger partial charge on any atom is 0.140 e. The molecule has 0 aliphatic carbocycles. The second kappa shape index (κ2) is 7.76. The quantitative estimate of drug-likeness (QED) is 0.447. The standard InChI is InChI=1S/C11H18ClN3S/c1-2-3-4-7-16-8-10-9(12)5-6-11(14-10)15-13/h5-6H,2-4,7-8,13H2,1H3,(H,14,15). The molecule has 0 fully saturated rings. The van der Waals surface area contributed by atoms with Gasteiger partial charge in [0.2, 0.25) is 0 Å². The third-order valence-electron chi connectivity index (χ3n) is 2.20. The van der Waals surface area contributed by atoms with Crippen LogP contribution in [0, 0.1) is 0 Å². The summed E-state index contributed by atoms with van der Waals surface area (Å²) in [5, 5.41) is 0.710. The van der Waals surface area contributed by atoms with E-state index in [1.807, 2.05) is 17.8 Å². The van der Waals surface area contributed by atoms with Crippen LogP contribution in [-0.4, -0.2) is 10.7 Å². The maximum atomic E-state index is 6.05. The molecule has 0 aliphatic rings. The lowest BCUT2D eigenvalue weighted by Crippen LogP contribution is -2.09. The van der Waals surface area contributed by atoms with Crippen LogP contribution in [0.25, 0.3) is 0 Å². The van der Waals surface area contributed by atoms with Gasteiger partial charge in [0.05, 0.1) is 10.7 Å². The number of nitrogens with one attached hydrogen (secondary N) is 1. The van der Waals surface area contributed by atoms with E-state index in [1.54, 1.807) is 6.07 Å². The predicted molar refractivity (Wildman–Crippen MR) is 72.7 cm³/mol. The molecule has 3 N–H and O–H groups in total. The number of rotatable bonds is 7. The lowest BCUT2D eigenvalue weighted by atomic mass is 10.3. The Morgan fingerprint density at radius 3 is 2.94 bits per heavy atom. The fourth-order valence-electron chi connectivity index (χ4n) is 1.29. The van der Waals surface area contributed by atoms with Gasteiger partial charge in [-0.1, -0.05) is 31.4 Å². The molecular weight excluding hydrogens is 242 g/mol. The van der Waals surface area contributed by atoms with Crippen LogP contribution in [0.5, 0.6) is 0 Å². The normalized spacial score (nSPS) is 10.4. The Bertz CT molecular complexity index is 320. The van der Waals surface area contributed by atoms with Crippen molar-refractivity contribution in [2.75, 3.05) is 11.2 Å². The molecule has 0 amide bonds. The number of nitrogens with two attached hydrogens (primary N) is 1. The predicted octanol–water partition coefficient (Wildman–Crippen LogP) is 3.44. The average Bonchev–Trinajstić information content (AvgIpc) is 2.31. The second-order valence-electron chi connectivity index (χ2n) is 3.53. The Morgan fingerprint density at radius 2 is 2.25 bits per heavy atom. The first-order valence-electron chi connectivity index (χ1n) is 5.47. The van der Waals surface area contributed by atoms with Crippen LogP contribution >= 0.6 is 23.4 Å². The van der Waals surface area contributed by atoms with Crippen molar-refractivity contribution in [2.24, 2.45) is 5.84 Å². The SMILES string of the molecule is CCCCCSCc1nc(NN)ccc1Cl. The number of nitrogens with zero attached hydrogens (tertiary/aromatic N) is 1. The van der Waals surface area contributed by atoms with Crippen molar-refractivity contribution < 1.29 is 0 Å². The second-order valence-corrected chi connectivity index (χ2v) is 5.04. The molecule has 5 heteroatoms. The Hall–Kier alpha value is -0.450. The molecule has 0 aliphatic heterocycles. The van der Waals surface area contributed by atoms with Crippen molar-refractivity contribution in [1.29, 1.82) is 0 Å². The van der Waals surface area contributed by atoms with E-state index in [-0.39, 0.29) is 0 Å². The number of halogens is 1. The zero-order valence-corrected chi connectivity index (χ0v) is 11.1. The Balaban J connectivity index is 2.40. The van der Waals surface area contributed by atoms with E-state index in [0.29, 0.717) is 10.8 Å². The smallest absolute Gasteiger partial charge is 0.140 e. The van der Waals surface area contributed by atoms with Gasteiger partial charge in [-0.05, 0) is 24.3 Å². The summed E-state index contributed by atoms with van der Waals surface area (Å²) in [4.78, 5) is 4.32. The summed E-state index contributed by atoms with van der Waals surface area (Å²) in [6.07, 6.45) is 3.80. The third kappa shape index (κ3) is 4.60. The van der Waals surface area contributed by atoms with Crippen LogP contribution in [0.3, 0.4) is 0 Å². The van der Waals surface area contributed by atoms with Crippen molar-refractivity contribution in [3.63, 3.8) is 0 Å². The number of hydrogen-bond donors (Lipinski definition) is 2. The summed E-state index contributed by atoms with van der Waals surface area (Å²) in [5.41, 5.74) is 3.43. The number of hydrogen-bond acceptors (Lipinski definition) is 4. The van der Waals surface area contributed by atoms with Crippen LogP contribution in [0.2, 0.25) is 5.02 Å². The number of aromatic nitrogens is 1. The molecule has 1 heterocycles. The largest absolute Gasteiger partial charge is 0.308 e. The van der Waals surface area contributed by atoms with Gasteiger partial charge in [0.15, 0.2) is 0 Å². The van der Waals surface area contributed by atoms with Crippen molar-refractivity contribution in [2.45, 2.75) is 31.9 Å². The van der Waals surface area contributed by atoms with E-state index in [4.69, 9.17) is 17.4 Å². The van der Waals surface area contributed by atoms with E-state index < -0.39 is 0 Å². The van der Waals surface area contributed by atoms with E-state index in [9.17, 15) is 0 Å². The fraction of sp³-hybridized carbons (Fsp3) is 0.545. The van der Waals surface area contributed by atoms with Crippen LogP contribution in [0.1, 0.15) is 31.9 Å². The molecule has 0 saturated heterocycles. The van der Waals surface area contributed by atoms with Gasteiger partial charge < -0.3 is 5.43 Å². The first-order valence-corrected chi connectivity index (χ1v) is 7.01. The molecule has 1 aromatic rings. The summed E-state index contributed by atoms with van der Waals surface area (Å²) in [7, 11) is 0. The fourth-order valence-corrected chi connectivity index (χ4v) is 2.51. The molecule has 0 radical (unpaired) electrons. The molecule has 1 rings (SSSR count). The monoisotopic (exact) mass is 259 g/mol. The van der Waals surface area contributed by atoms with Crippen molar-refractivity contribution in [3.05, 3.63) is 22.8 Å². The molecule has 0 aromatic carbocycles. The summed E-state index contributed by atoms with van der Waals surface area (Å²) in [6, 6.07) is 3.60. The first kappa shape index (κ1) is 13.6. The maximum absolute atomic E-state index is 6.05. The average molecular weight is 260 g/mol. The highest BCUT2D eigenvalue weighted by molar-refractivity contribution is 7.98. The number of pyridine rings is 1. The number of unbranched alkanes of at least 4 members (excludes halogenated alkanes) is 2. The molecule has 1 aromatic heterocycles. The van der Waals surface area contributed by atoms with Crippen LogP contribution < -0.4 is 11.3 Å². The minimum absolute atomic E-state index is 0.661. The van der Waals surface area contributed by atoms with E-state index in [2.05, 4.69) is 17.3 Å². The van der Waals surface area contributed by atoms with E-state index >= 15 is 0 Å². The minimum atomic E-state index is 0.661. The molecular formula is C11H18ClN3S. The van der Waals surface area contributed by atoms with Gasteiger partial charge in [0.1, 0.15) is 5.82 Å². The van der Waals surface area contributed by atoms with E-state index in [0.717, 1.165) is 17.2 Å². The summed E-state index contributed by atoms with van der Waals surface area (Å²) in [6.45, 7) is 2.21. The van der Waals surface area contributed by atoms with Crippen molar-refractivity contribution >= 4 is 29.2 Å². The highest BCUT2D eigenvalue weighted by Gasteiger charge is 2.03. The van der Waals surface area contributed by atoms with E-state index in [1.165, 1.54) is 19.3 Å². The Kier molecular flexibility index (Phi) is 6.61. The summed E-state index contributed by atoms with van der Waals surface area (Å²) >= 11 is 7.91. The number of anilines is 1. The highest BCUT2D eigenvalue weighted by atomic mass is 35.5. The number of hydrazine groups is 1. The van der Waals surface area contributed by atoms with Crippen LogP contribution in [-0.2, 0) is 5.75 Å². The molecule has 90 valence electrons. The lowest BCUT2D eigenvalue weighted by molar-refractivity contribution is 0.778. The zero-order valence-electron chi connectivity index (χ0n) is 9.50. The molecule has 0 atom stereocenters. The molecule has 0 saturated carbocycles. The van der Waals surface area contributed by atoms with Crippen molar-refractivity contribution in [1.82, 2.24) is 4.98 Å². The summed E-state index contributed by atoms with van der Waals surface area (Å²) in [5.74, 6) is 7.97.